The molecule has 21 heavy (non-hydrogen) atoms. The molecule has 0 bridgehead atoms. The summed E-state index contributed by atoms with van der Waals surface area (Å²) in [5.74, 6) is 1.37. The van der Waals surface area contributed by atoms with Crippen molar-refractivity contribution >= 4 is 11.3 Å². The lowest BCUT2D eigenvalue weighted by molar-refractivity contribution is 0.289. The van der Waals surface area contributed by atoms with Crippen LogP contribution in [0, 0.1) is 0 Å². The number of rotatable bonds is 7. The van der Waals surface area contributed by atoms with E-state index in [-0.39, 0.29) is 0 Å². The van der Waals surface area contributed by atoms with Crippen LogP contribution in [-0.4, -0.2) is 45.2 Å². The predicted molar refractivity (Wildman–Crippen MR) is 85.8 cm³/mol. The van der Waals surface area contributed by atoms with Gasteiger partial charge in [-0.1, -0.05) is 20.8 Å². The second-order valence-corrected chi connectivity index (χ2v) is 6.12. The van der Waals surface area contributed by atoms with Crippen LogP contribution >= 0.6 is 0 Å². The van der Waals surface area contributed by atoms with E-state index in [1.807, 2.05) is 16.9 Å². The summed E-state index contributed by atoms with van der Waals surface area (Å²) in [5.41, 5.74) is 2.18. The van der Waals surface area contributed by atoms with Crippen molar-refractivity contribution in [3.05, 3.63) is 24.2 Å². The summed E-state index contributed by atoms with van der Waals surface area (Å²) in [7, 11) is 0. The Hall–Kier alpha value is -1.62. The van der Waals surface area contributed by atoms with Crippen LogP contribution in [0.1, 0.15) is 45.2 Å². The average Bonchev–Trinajstić information content (AvgIpc) is 3.21. The zero-order valence-electron chi connectivity index (χ0n) is 13.2. The average molecular weight is 287 g/mol. The first-order chi connectivity index (χ1) is 10.2. The van der Waals surface area contributed by atoms with E-state index in [0.29, 0.717) is 5.92 Å². The molecule has 5 nitrogen and oxygen atoms in total. The molecule has 0 spiro atoms. The van der Waals surface area contributed by atoms with E-state index in [0.717, 1.165) is 42.7 Å². The molecular weight excluding hydrogens is 262 g/mol. The van der Waals surface area contributed by atoms with Crippen molar-refractivity contribution in [3.8, 4) is 0 Å². The number of hydrogen-bond acceptors (Lipinski definition) is 4. The maximum atomic E-state index is 4.60. The molecule has 1 N–H and O–H groups in total. The highest BCUT2D eigenvalue weighted by Gasteiger charge is 2.27. The number of nitrogens with one attached hydrogen (secondary N) is 1. The van der Waals surface area contributed by atoms with E-state index >= 15 is 0 Å². The summed E-state index contributed by atoms with van der Waals surface area (Å²) in [5, 5.41) is 8.07. The molecule has 114 valence electrons. The maximum Gasteiger partial charge on any atom is 0.152 e. The van der Waals surface area contributed by atoms with Gasteiger partial charge in [0, 0.05) is 31.5 Å². The Bertz CT molecular complexity index is 600. The molecular formula is C16H25N5. The smallest absolute Gasteiger partial charge is 0.152 e. The summed E-state index contributed by atoms with van der Waals surface area (Å²) < 4.78 is 1.92. The summed E-state index contributed by atoms with van der Waals surface area (Å²) in [6.45, 7) is 9.71. The van der Waals surface area contributed by atoms with Crippen molar-refractivity contribution in [2.45, 2.75) is 45.6 Å². The second-order valence-electron chi connectivity index (χ2n) is 6.12. The van der Waals surface area contributed by atoms with Gasteiger partial charge in [-0.25, -0.2) is 9.50 Å². The lowest BCUT2D eigenvalue weighted by Crippen LogP contribution is -2.31. The quantitative estimate of drug-likeness (QED) is 0.850. The van der Waals surface area contributed by atoms with Gasteiger partial charge in [0.05, 0.1) is 5.69 Å². The molecule has 1 aliphatic carbocycles. The van der Waals surface area contributed by atoms with Gasteiger partial charge in [-0.2, -0.15) is 5.10 Å². The summed E-state index contributed by atoms with van der Waals surface area (Å²) in [4.78, 5) is 7.02. The highest BCUT2D eigenvalue weighted by atomic mass is 15.2. The molecule has 2 aromatic rings. The van der Waals surface area contributed by atoms with Crippen LogP contribution in [0.5, 0.6) is 0 Å². The minimum absolute atomic E-state index is 0.434. The van der Waals surface area contributed by atoms with Crippen LogP contribution in [0.25, 0.3) is 5.52 Å². The minimum Gasteiger partial charge on any atom is -0.367 e. The van der Waals surface area contributed by atoms with Crippen molar-refractivity contribution < 1.29 is 0 Å². The Morgan fingerprint density at radius 2 is 2.24 bits per heavy atom. The van der Waals surface area contributed by atoms with Crippen molar-refractivity contribution in [1.29, 1.82) is 0 Å². The van der Waals surface area contributed by atoms with Crippen LogP contribution in [0.3, 0.4) is 0 Å². The molecule has 1 saturated carbocycles. The van der Waals surface area contributed by atoms with Gasteiger partial charge < -0.3 is 5.32 Å². The molecule has 3 rings (SSSR count). The zero-order valence-corrected chi connectivity index (χ0v) is 13.2. The maximum absolute atomic E-state index is 4.60. The van der Waals surface area contributed by atoms with Crippen LogP contribution in [0.2, 0.25) is 0 Å². The lowest BCUT2D eigenvalue weighted by Gasteiger charge is -2.20. The first-order valence-corrected chi connectivity index (χ1v) is 8.01. The topological polar surface area (TPSA) is 45.5 Å². The van der Waals surface area contributed by atoms with Crippen LogP contribution in [0.15, 0.2) is 18.5 Å². The number of aromatic nitrogens is 3. The lowest BCUT2D eigenvalue weighted by atomic mass is 10.1. The third-order valence-corrected chi connectivity index (χ3v) is 4.16. The third-order valence-electron chi connectivity index (χ3n) is 4.16. The second kappa shape index (κ2) is 6.02. The van der Waals surface area contributed by atoms with Crippen molar-refractivity contribution in [1.82, 2.24) is 19.5 Å². The van der Waals surface area contributed by atoms with Gasteiger partial charge in [-0.15, -0.1) is 0 Å². The van der Waals surface area contributed by atoms with Gasteiger partial charge in [-0.05, 0) is 31.4 Å². The first kappa shape index (κ1) is 14.3. The molecule has 0 atom stereocenters. The molecule has 1 fully saturated rings. The fourth-order valence-electron chi connectivity index (χ4n) is 2.72. The van der Waals surface area contributed by atoms with E-state index < -0.39 is 0 Å². The van der Waals surface area contributed by atoms with Crippen molar-refractivity contribution in [3.63, 3.8) is 0 Å². The standard InChI is InChI=1S/C16H25N5/c1-4-20(13-5-6-13)9-7-17-16-15-11-14(12(2)3)19-21(15)10-8-18-16/h8,10-13H,4-7,9H2,1-3H3,(H,17,18). The predicted octanol–water partition coefficient (Wildman–Crippen LogP) is 2.75. The van der Waals surface area contributed by atoms with E-state index in [1.54, 1.807) is 0 Å². The Kier molecular flexibility index (Phi) is 4.10. The molecule has 2 aromatic heterocycles. The highest BCUT2D eigenvalue weighted by Crippen LogP contribution is 2.26. The molecule has 2 heterocycles. The van der Waals surface area contributed by atoms with Gasteiger partial charge in [0.2, 0.25) is 0 Å². The number of nitrogens with zero attached hydrogens (tertiary/aromatic N) is 4. The number of hydrogen-bond donors (Lipinski definition) is 1. The van der Waals surface area contributed by atoms with Crippen LogP contribution in [0.4, 0.5) is 5.82 Å². The molecule has 1 aliphatic rings. The highest BCUT2D eigenvalue weighted by molar-refractivity contribution is 5.67. The van der Waals surface area contributed by atoms with Crippen LogP contribution in [-0.2, 0) is 0 Å². The summed E-state index contributed by atoms with van der Waals surface area (Å²) in [6.07, 6.45) is 6.45. The third kappa shape index (κ3) is 3.18. The number of likely N-dealkylation sites (N-methyl/N-ethyl adjacent to an activating group) is 1. The van der Waals surface area contributed by atoms with Crippen molar-refractivity contribution in [2.24, 2.45) is 0 Å². The fourth-order valence-corrected chi connectivity index (χ4v) is 2.72. The Morgan fingerprint density at radius 3 is 2.90 bits per heavy atom. The summed E-state index contributed by atoms with van der Waals surface area (Å²) >= 11 is 0. The van der Waals surface area contributed by atoms with Crippen LogP contribution < -0.4 is 5.32 Å². The van der Waals surface area contributed by atoms with E-state index in [2.05, 4.69) is 47.1 Å². The molecule has 5 heteroatoms. The van der Waals surface area contributed by atoms with Crippen molar-refractivity contribution in [2.75, 3.05) is 25.0 Å². The molecule has 0 aromatic carbocycles. The van der Waals surface area contributed by atoms with E-state index in [1.165, 1.54) is 12.8 Å². The van der Waals surface area contributed by atoms with E-state index in [4.69, 9.17) is 0 Å². The Balaban J connectivity index is 1.68. The number of anilines is 1. The van der Waals surface area contributed by atoms with Gasteiger partial charge >= 0.3 is 0 Å². The Labute approximate surface area is 126 Å². The molecule has 0 amide bonds. The van der Waals surface area contributed by atoms with Gasteiger partial charge in [0.15, 0.2) is 5.82 Å². The first-order valence-electron chi connectivity index (χ1n) is 8.01. The van der Waals surface area contributed by atoms with Gasteiger partial charge in [0.25, 0.3) is 0 Å². The SMILES string of the molecule is CCN(CCNc1nccn2nc(C(C)C)cc12)C1CC1. The molecule has 0 aliphatic heterocycles. The Morgan fingerprint density at radius 1 is 1.43 bits per heavy atom. The molecule has 0 radical (unpaired) electrons. The minimum atomic E-state index is 0.434. The normalized spacial score (nSPS) is 15.3. The van der Waals surface area contributed by atoms with Gasteiger partial charge in [0.1, 0.15) is 5.52 Å². The number of fused-ring (bicyclic) bond motifs is 1. The monoisotopic (exact) mass is 287 g/mol. The summed E-state index contributed by atoms with van der Waals surface area (Å²) in [6, 6.07) is 2.96. The van der Waals surface area contributed by atoms with E-state index in [9.17, 15) is 0 Å². The fraction of sp³-hybridized carbons (Fsp3) is 0.625. The van der Waals surface area contributed by atoms with Gasteiger partial charge in [-0.3, -0.25) is 4.90 Å². The molecule has 0 saturated heterocycles. The zero-order chi connectivity index (χ0) is 14.8. The molecule has 0 unspecified atom stereocenters. The largest absolute Gasteiger partial charge is 0.367 e.